The molecule has 1 unspecified atom stereocenters. The molecule has 2 heterocycles. The first-order chi connectivity index (χ1) is 7.36. The van der Waals surface area contributed by atoms with E-state index >= 15 is 0 Å². The van der Waals surface area contributed by atoms with Crippen LogP contribution in [0.5, 0.6) is 0 Å². The molecule has 1 fully saturated rings. The van der Waals surface area contributed by atoms with E-state index < -0.39 is 0 Å². The summed E-state index contributed by atoms with van der Waals surface area (Å²) in [5, 5.41) is 3.34. The molecule has 0 spiro atoms. The molecule has 0 radical (unpaired) electrons. The van der Waals surface area contributed by atoms with Crippen molar-refractivity contribution < 1.29 is 4.74 Å². The van der Waals surface area contributed by atoms with Crippen molar-refractivity contribution in [2.24, 2.45) is 0 Å². The normalized spacial score (nSPS) is 21.5. The molecule has 1 aliphatic heterocycles. The van der Waals surface area contributed by atoms with E-state index in [0.717, 1.165) is 18.8 Å². The SMILES string of the molecule is Cc1cccnc1COC1CCCNC1. The Balaban J connectivity index is 1.84. The summed E-state index contributed by atoms with van der Waals surface area (Å²) in [7, 11) is 0. The van der Waals surface area contributed by atoms with Gasteiger partial charge in [0.05, 0.1) is 18.4 Å². The van der Waals surface area contributed by atoms with Crippen LogP contribution in [-0.2, 0) is 11.3 Å². The number of aryl methyl sites for hydroxylation is 1. The summed E-state index contributed by atoms with van der Waals surface area (Å²) in [6, 6.07) is 4.03. The largest absolute Gasteiger partial charge is 0.371 e. The summed E-state index contributed by atoms with van der Waals surface area (Å²) >= 11 is 0. The second-order valence-electron chi connectivity index (χ2n) is 4.05. The molecule has 1 aromatic rings. The first-order valence-corrected chi connectivity index (χ1v) is 5.59. The lowest BCUT2D eigenvalue weighted by atomic mass is 10.1. The molecule has 0 aromatic carbocycles. The second-order valence-corrected chi connectivity index (χ2v) is 4.05. The molecular weight excluding hydrogens is 188 g/mol. The molecule has 0 saturated carbocycles. The Morgan fingerprint density at radius 2 is 2.53 bits per heavy atom. The van der Waals surface area contributed by atoms with Gasteiger partial charge in [-0.05, 0) is 37.9 Å². The molecule has 3 heteroatoms. The Morgan fingerprint density at radius 1 is 1.60 bits per heavy atom. The maximum Gasteiger partial charge on any atom is 0.0894 e. The van der Waals surface area contributed by atoms with E-state index in [4.69, 9.17) is 4.74 Å². The van der Waals surface area contributed by atoms with E-state index in [1.54, 1.807) is 0 Å². The summed E-state index contributed by atoms with van der Waals surface area (Å²) in [6.07, 6.45) is 4.57. The topological polar surface area (TPSA) is 34.1 Å². The third-order valence-electron chi connectivity index (χ3n) is 2.83. The van der Waals surface area contributed by atoms with Gasteiger partial charge < -0.3 is 10.1 Å². The lowest BCUT2D eigenvalue weighted by molar-refractivity contribution is 0.0234. The molecule has 1 aliphatic rings. The summed E-state index contributed by atoms with van der Waals surface area (Å²) in [5.41, 5.74) is 2.27. The number of aromatic nitrogens is 1. The van der Waals surface area contributed by atoms with Gasteiger partial charge in [0.2, 0.25) is 0 Å². The van der Waals surface area contributed by atoms with Gasteiger partial charge in [-0.3, -0.25) is 4.98 Å². The van der Waals surface area contributed by atoms with Crippen molar-refractivity contribution in [3.63, 3.8) is 0 Å². The predicted octanol–water partition coefficient (Wildman–Crippen LogP) is 1.66. The van der Waals surface area contributed by atoms with Crippen molar-refractivity contribution in [2.45, 2.75) is 32.5 Å². The van der Waals surface area contributed by atoms with Crippen molar-refractivity contribution >= 4 is 0 Å². The molecule has 0 aliphatic carbocycles. The van der Waals surface area contributed by atoms with Crippen LogP contribution >= 0.6 is 0 Å². The van der Waals surface area contributed by atoms with E-state index in [1.807, 2.05) is 12.3 Å². The molecule has 3 nitrogen and oxygen atoms in total. The van der Waals surface area contributed by atoms with E-state index in [9.17, 15) is 0 Å². The number of nitrogens with zero attached hydrogens (tertiary/aromatic N) is 1. The third kappa shape index (κ3) is 3.01. The molecule has 15 heavy (non-hydrogen) atoms. The molecular formula is C12H18N2O. The number of ether oxygens (including phenoxy) is 1. The monoisotopic (exact) mass is 206 g/mol. The first kappa shape index (κ1) is 10.6. The minimum Gasteiger partial charge on any atom is -0.371 e. The minimum absolute atomic E-state index is 0.361. The van der Waals surface area contributed by atoms with Crippen LogP contribution in [0.1, 0.15) is 24.1 Å². The van der Waals surface area contributed by atoms with E-state index in [2.05, 4.69) is 23.3 Å². The Morgan fingerprint density at radius 3 is 3.27 bits per heavy atom. The summed E-state index contributed by atoms with van der Waals surface area (Å²) in [4.78, 5) is 4.32. The van der Waals surface area contributed by atoms with Crippen LogP contribution in [0.4, 0.5) is 0 Å². The van der Waals surface area contributed by atoms with Crippen LogP contribution in [0.3, 0.4) is 0 Å². The lowest BCUT2D eigenvalue weighted by Gasteiger charge is -2.23. The van der Waals surface area contributed by atoms with Gasteiger partial charge in [-0.1, -0.05) is 6.07 Å². The molecule has 82 valence electrons. The number of rotatable bonds is 3. The molecule has 1 aromatic heterocycles. The van der Waals surface area contributed by atoms with Gasteiger partial charge in [-0.15, -0.1) is 0 Å². The second kappa shape index (κ2) is 5.24. The number of hydrogen-bond donors (Lipinski definition) is 1. The fourth-order valence-electron chi connectivity index (χ4n) is 1.83. The van der Waals surface area contributed by atoms with Crippen molar-refractivity contribution in [3.8, 4) is 0 Å². The maximum atomic E-state index is 5.82. The Bertz CT molecular complexity index is 308. The van der Waals surface area contributed by atoms with Crippen LogP contribution in [0.2, 0.25) is 0 Å². The average molecular weight is 206 g/mol. The number of piperidine rings is 1. The van der Waals surface area contributed by atoms with Crippen LogP contribution < -0.4 is 5.32 Å². The van der Waals surface area contributed by atoms with Crippen LogP contribution in [-0.4, -0.2) is 24.2 Å². The fourth-order valence-corrected chi connectivity index (χ4v) is 1.83. The highest BCUT2D eigenvalue weighted by Crippen LogP contribution is 2.10. The molecule has 1 atom stereocenters. The number of pyridine rings is 1. The van der Waals surface area contributed by atoms with Gasteiger partial charge in [0, 0.05) is 12.7 Å². The smallest absolute Gasteiger partial charge is 0.0894 e. The number of nitrogens with one attached hydrogen (secondary N) is 1. The fraction of sp³-hybridized carbons (Fsp3) is 0.583. The minimum atomic E-state index is 0.361. The quantitative estimate of drug-likeness (QED) is 0.816. The maximum absolute atomic E-state index is 5.82. The van der Waals surface area contributed by atoms with Gasteiger partial charge in [0.25, 0.3) is 0 Å². The summed E-state index contributed by atoms with van der Waals surface area (Å²) < 4.78 is 5.82. The van der Waals surface area contributed by atoms with Gasteiger partial charge in [0.15, 0.2) is 0 Å². The van der Waals surface area contributed by atoms with Gasteiger partial charge in [0.1, 0.15) is 0 Å². The highest BCUT2D eigenvalue weighted by Gasteiger charge is 2.13. The molecule has 1 saturated heterocycles. The van der Waals surface area contributed by atoms with Crippen LogP contribution in [0.25, 0.3) is 0 Å². The number of hydrogen-bond acceptors (Lipinski definition) is 3. The van der Waals surface area contributed by atoms with Crippen molar-refractivity contribution in [1.82, 2.24) is 10.3 Å². The predicted molar refractivity (Wildman–Crippen MR) is 59.7 cm³/mol. The standard InChI is InChI=1S/C12H18N2O/c1-10-4-2-7-14-12(10)9-15-11-5-3-6-13-8-11/h2,4,7,11,13H,3,5-6,8-9H2,1H3. The van der Waals surface area contributed by atoms with Crippen molar-refractivity contribution in [3.05, 3.63) is 29.6 Å². The van der Waals surface area contributed by atoms with Crippen molar-refractivity contribution in [1.29, 1.82) is 0 Å². The zero-order chi connectivity index (χ0) is 10.5. The lowest BCUT2D eigenvalue weighted by Crippen LogP contribution is -2.35. The molecule has 2 rings (SSSR count). The highest BCUT2D eigenvalue weighted by atomic mass is 16.5. The summed E-state index contributed by atoms with van der Waals surface area (Å²) in [5.74, 6) is 0. The molecule has 0 bridgehead atoms. The zero-order valence-electron chi connectivity index (χ0n) is 9.20. The first-order valence-electron chi connectivity index (χ1n) is 5.59. The highest BCUT2D eigenvalue weighted by molar-refractivity contribution is 5.16. The van der Waals surface area contributed by atoms with Gasteiger partial charge >= 0.3 is 0 Å². The van der Waals surface area contributed by atoms with Gasteiger partial charge in [-0.2, -0.15) is 0 Å². The molecule has 1 N–H and O–H groups in total. The zero-order valence-corrected chi connectivity index (χ0v) is 9.20. The summed E-state index contributed by atoms with van der Waals surface area (Å²) in [6.45, 7) is 4.82. The van der Waals surface area contributed by atoms with E-state index in [1.165, 1.54) is 18.4 Å². The Hall–Kier alpha value is -0.930. The Kier molecular flexibility index (Phi) is 3.69. The van der Waals surface area contributed by atoms with Crippen LogP contribution in [0, 0.1) is 6.92 Å². The van der Waals surface area contributed by atoms with E-state index in [0.29, 0.717) is 12.7 Å². The third-order valence-corrected chi connectivity index (χ3v) is 2.83. The average Bonchev–Trinajstić information content (AvgIpc) is 2.29. The Labute approximate surface area is 90.9 Å². The van der Waals surface area contributed by atoms with Crippen LogP contribution in [0.15, 0.2) is 18.3 Å². The van der Waals surface area contributed by atoms with Crippen molar-refractivity contribution in [2.75, 3.05) is 13.1 Å². The van der Waals surface area contributed by atoms with E-state index in [-0.39, 0.29) is 0 Å². The van der Waals surface area contributed by atoms with Gasteiger partial charge in [-0.25, -0.2) is 0 Å². The molecule has 0 amide bonds.